The van der Waals surface area contributed by atoms with Crippen LogP contribution in [0, 0.1) is 19.3 Å². The normalized spacial score (nSPS) is 16.6. The Bertz CT molecular complexity index is 753. The molecule has 5 heteroatoms. The van der Waals surface area contributed by atoms with Gasteiger partial charge in [-0.15, -0.1) is 6.42 Å². The average Bonchev–Trinajstić information content (AvgIpc) is 2.79. The topological polar surface area (TPSA) is 56.1 Å². The molecule has 1 aliphatic heterocycles. The summed E-state index contributed by atoms with van der Waals surface area (Å²) in [7, 11) is 1.84. The molecule has 1 aromatic carbocycles. The number of nitrogens with zero attached hydrogens (tertiary/aromatic N) is 2. The highest BCUT2D eigenvalue weighted by Gasteiger charge is 2.31. The van der Waals surface area contributed by atoms with Crippen molar-refractivity contribution in [2.24, 2.45) is 7.05 Å². The number of aryl methyl sites for hydroxylation is 2. The predicted octanol–water partition coefficient (Wildman–Crippen LogP) is 2.21. The van der Waals surface area contributed by atoms with Crippen molar-refractivity contribution in [1.29, 1.82) is 0 Å². The number of rotatable bonds is 3. The van der Waals surface area contributed by atoms with Crippen LogP contribution in [0.15, 0.2) is 24.3 Å². The Balaban J connectivity index is 1.95. The number of amides is 1. The van der Waals surface area contributed by atoms with Crippen molar-refractivity contribution in [3.63, 3.8) is 0 Å². The number of ether oxygens (including phenoxy) is 1. The molecule has 0 fully saturated rings. The van der Waals surface area contributed by atoms with Gasteiger partial charge in [0, 0.05) is 24.9 Å². The lowest BCUT2D eigenvalue weighted by atomic mass is 9.86. The maximum absolute atomic E-state index is 12.0. The number of fused-ring (bicyclic) bond motifs is 1. The smallest absolute Gasteiger partial charge is 0.226 e. The minimum Gasteiger partial charge on any atom is -0.481 e. The molecule has 112 valence electrons. The summed E-state index contributed by atoms with van der Waals surface area (Å²) in [5, 5.41) is 7.32. The number of benzene rings is 1. The molecule has 0 aliphatic carbocycles. The molecule has 0 saturated carbocycles. The van der Waals surface area contributed by atoms with E-state index in [0.717, 1.165) is 28.4 Å². The third-order valence-corrected chi connectivity index (χ3v) is 3.87. The van der Waals surface area contributed by atoms with E-state index in [1.165, 1.54) is 0 Å². The number of hydrogen-bond acceptors (Lipinski definition) is 3. The number of carbonyl (C=O) groups is 1. The molecule has 0 unspecified atom stereocenters. The molecule has 1 amide bonds. The first-order valence-corrected chi connectivity index (χ1v) is 7.09. The van der Waals surface area contributed by atoms with Crippen LogP contribution in [0.4, 0.5) is 5.82 Å². The van der Waals surface area contributed by atoms with Gasteiger partial charge in [0.15, 0.2) is 0 Å². The Labute approximate surface area is 129 Å². The summed E-state index contributed by atoms with van der Waals surface area (Å²) in [6.45, 7) is 2.21. The Morgan fingerprint density at radius 1 is 1.45 bits per heavy atom. The maximum Gasteiger partial charge on any atom is 0.226 e. The minimum atomic E-state index is 0.00755. The summed E-state index contributed by atoms with van der Waals surface area (Å²) < 4.78 is 7.11. The second-order valence-electron chi connectivity index (χ2n) is 5.34. The van der Waals surface area contributed by atoms with E-state index in [2.05, 4.69) is 16.3 Å². The number of hydrogen-bond donors (Lipinski definition) is 1. The van der Waals surface area contributed by atoms with E-state index in [1.54, 1.807) is 4.68 Å². The third-order valence-electron chi connectivity index (χ3n) is 3.87. The van der Waals surface area contributed by atoms with E-state index < -0.39 is 0 Å². The fourth-order valence-electron chi connectivity index (χ4n) is 2.92. The van der Waals surface area contributed by atoms with Crippen LogP contribution in [-0.4, -0.2) is 22.3 Å². The molecule has 0 saturated heterocycles. The zero-order valence-corrected chi connectivity index (χ0v) is 12.6. The zero-order valence-electron chi connectivity index (χ0n) is 12.6. The Hall–Kier alpha value is -2.74. The van der Waals surface area contributed by atoms with Crippen molar-refractivity contribution in [1.82, 2.24) is 9.78 Å². The van der Waals surface area contributed by atoms with Crippen molar-refractivity contribution in [3.05, 3.63) is 41.1 Å². The molecule has 22 heavy (non-hydrogen) atoms. The SMILES string of the molecule is C#CCOc1ccc([C@@H]2CC(=O)Nc3c2c(C)nn3C)cc1. The third kappa shape index (κ3) is 2.44. The van der Waals surface area contributed by atoms with Gasteiger partial charge >= 0.3 is 0 Å². The Kier molecular flexibility index (Phi) is 3.60. The van der Waals surface area contributed by atoms with Gasteiger partial charge in [-0.2, -0.15) is 5.10 Å². The van der Waals surface area contributed by atoms with Crippen LogP contribution in [-0.2, 0) is 11.8 Å². The summed E-state index contributed by atoms with van der Waals surface area (Å²) in [5.41, 5.74) is 3.09. The lowest BCUT2D eigenvalue weighted by molar-refractivity contribution is -0.116. The summed E-state index contributed by atoms with van der Waals surface area (Å²) in [4.78, 5) is 12.0. The Morgan fingerprint density at radius 2 is 2.18 bits per heavy atom. The Morgan fingerprint density at radius 3 is 2.86 bits per heavy atom. The van der Waals surface area contributed by atoms with Crippen LogP contribution in [0.1, 0.15) is 29.2 Å². The van der Waals surface area contributed by atoms with Crippen LogP contribution in [0.3, 0.4) is 0 Å². The van der Waals surface area contributed by atoms with Crippen molar-refractivity contribution in [3.8, 4) is 18.1 Å². The van der Waals surface area contributed by atoms with E-state index in [-0.39, 0.29) is 18.4 Å². The number of carbonyl (C=O) groups excluding carboxylic acids is 1. The maximum atomic E-state index is 12.0. The second kappa shape index (κ2) is 5.57. The van der Waals surface area contributed by atoms with Gasteiger partial charge < -0.3 is 10.1 Å². The summed E-state index contributed by atoms with van der Waals surface area (Å²) >= 11 is 0. The van der Waals surface area contributed by atoms with Crippen molar-refractivity contribution in [2.75, 3.05) is 11.9 Å². The van der Waals surface area contributed by atoms with Crippen LogP contribution >= 0.6 is 0 Å². The molecule has 1 aromatic heterocycles. The fraction of sp³-hybridized carbons (Fsp3) is 0.294. The molecular weight excluding hydrogens is 278 g/mol. The molecule has 5 nitrogen and oxygen atoms in total. The minimum absolute atomic E-state index is 0.00755. The molecule has 2 heterocycles. The summed E-state index contributed by atoms with van der Waals surface area (Å²) in [5.74, 6) is 3.97. The highest BCUT2D eigenvalue weighted by atomic mass is 16.5. The predicted molar refractivity (Wildman–Crippen MR) is 83.8 cm³/mol. The van der Waals surface area contributed by atoms with Gasteiger partial charge in [0.05, 0.1) is 5.69 Å². The zero-order chi connectivity index (χ0) is 15.7. The number of anilines is 1. The van der Waals surface area contributed by atoms with Gasteiger partial charge in [0.25, 0.3) is 0 Å². The summed E-state index contributed by atoms with van der Waals surface area (Å²) in [6.07, 6.45) is 5.60. The first kappa shape index (κ1) is 14.2. The monoisotopic (exact) mass is 295 g/mol. The number of terminal acetylenes is 1. The van der Waals surface area contributed by atoms with E-state index in [9.17, 15) is 4.79 Å². The molecule has 0 spiro atoms. The van der Waals surface area contributed by atoms with Crippen LogP contribution < -0.4 is 10.1 Å². The van der Waals surface area contributed by atoms with E-state index in [4.69, 9.17) is 11.2 Å². The molecule has 1 aliphatic rings. The highest BCUT2D eigenvalue weighted by Crippen LogP contribution is 2.39. The van der Waals surface area contributed by atoms with Crippen LogP contribution in [0.2, 0.25) is 0 Å². The molecule has 0 bridgehead atoms. The first-order valence-electron chi connectivity index (χ1n) is 7.09. The van der Waals surface area contributed by atoms with Gasteiger partial charge in [0.1, 0.15) is 18.2 Å². The lowest BCUT2D eigenvalue weighted by Crippen LogP contribution is -2.24. The van der Waals surface area contributed by atoms with Gasteiger partial charge in [-0.05, 0) is 24.6 Å². The molecule has 3 rings (SSSR count). The lowest BCUT2D eigenvalue weighted by Gasteiger charge is -2.24. The van der Waals surface area contributed by atoms with Gasteiger partial charge in [-0.25, -0.2) is 0 Å². The van der Waals surface area contributed by atoms with Crippen molar-refractivity contribution >= 4 is 11.7 Å². The molecule has 2 aromatic rings. The fourth-order valence-corrected chi connectivity index (χ4v) is 2.92. The summed E-state index contributed by atoms with van der Waals surface area (Å²) in [6, 6.07) is 7.71. The van der Waals surface area contributed by atoms with Crippen LogP contribution in [0.25, 0.3) is 0 Å². The van der Waals surface area contributed by atoms with Crippen molar-refractivity contribution < 1.29 is 9.53 Å². The highest BCUT2D eigenvalue weighted by molar-refractivity contribution is 5.94. The van der Waals surface area contributed by atoms with Gasteiger partial charge in [0.2, 0.25) is 5.91 Å². The average molecular weight is 295 g/mol. The van der Waals surface area contributed by atoms with Gasteiger partial charge in [-0.1, -0.05) is 18.1 Å². The number of aromatic nitrogens is 2. The van der Waals surface area contributed by atoms with Crippen molar-refractivity contribution in [2.45, 2.75) is 19.3 Å². The van der Waals surface area contributed by atoms with E-state index in [0.29, 0.717) is 6.42 Å². The second-order valence-corrected chi connectivity index (χ2v) is 5.34. The standard InChI is InChI=1S/C17H17N3O2/c1-4-9-22-13-7-5-12(6-8-13)14-10-15(21)18-17-16(14)11(2)19-20(17)3/h1,5-8,14H,9-10H2,2-3H3,(H,18,21)/t14-/m0/s1. The molecule has 0 radical (unpaired) electrons. The molecule has 1 atom stereocenters. The number of nitrogens with one attached hydrogen (secondary N) is 1. The van der Waals surface area contributed by atoms with E-state index in [1.807, 2.05) is 38.2 Å². The molecular formula is C17H17N3O2. The van der Waals surface area contributed by atoms with E-state index >= 15 is 0 Å². The largest absolute Gasteiger partial charge is 0.481 e. The molecule has 1 N–H and O–H groups in total. The van der Waals surface area contributed by atoms with Gasteiger partial charge in [-0.3, -0.25) is 9.48 Å². The van der Waals surface area contributed by atoms with Crippen LogP contribution in [0.5, 0.6) is 5.75 Å². The quantitative estimate of drug-likeness (QED) is 0.883. The first-order chi connectivity index (χ1) is 10.6.